The standard InChI is InChI=1S/C23H23N5O/c1-14-4-5-17(23(29)25-19-6-7-19)9-20(14)18-10-24-28(12-18)22-13-27-11-16(3)15(2)8-21(27)26-22/h4-5,8-13,19H,6-7H2,1-3H3,(H,25,29). The van der Waals surface area contributed by atoms with Gasteiger partial charge in [-0.25, -0.2) is 9.67 Å². The number of hydrogen-bond donors (Lipinski definition) is 1. The fourth-order valence-electron chi connectivity index (χ4n) is 3.49. The minimum atomic E-state index is -0.00719. The first-order valence-corrected chi connectivity index (χ1v) is 9.91. The largest absolute Gasteiger partial charge is 0.349 e. The van der Waals surface area contributed by atoms with Gasteiger partial charge >= 0.3 is 0 Å². The van der Waals surface area contributed by atoms with Gasteiger partial charge in [0, 0.05) is 29.6 Å². The van der Waals surface area contributed by atoms with Crippen LogP contribution in [0.3, 0.4) is 0 Å². The molecule has 4 aromatic rings. The Morgan fingerprint density at radius 1 is 1.03 bits per heavy atom. The number of amides is 1. The molecule has 0 saturated heterocycles. The highest BCUT2D eigenvalue weighted by atomic mass is 16.1. The summed E-state index contributed by atoms with van der Waals surface area (Å²) in [4.78, 5) is 17.1. The number of carbonyl (C=O) groups excluding carboxylic acids is 1. The molecule has 0 radical (unpaired) electrons. The summed E-state index contributed by atoms with van der Waals surface area (Å²) in [7, 11) is 0. The smallest absolute Gasteiger partial charge is 0.251 e. The molecule has 146 valence electrons. The molecule has 1 amide bonds. The quantitative estimate of drug-likeness (QED) is 0.577. The Balaban J connectivity index is 1.49. The molecule has 0 unspecified atom stereocenters. The highest BCUT2D eigenvalue weighted by molar-refractivity contribution is 5.96. The maximum Gasteiger partial charge on any atom is 0.251 e. The van der Waals surface area contributed by atoms with E-state index >= 15 is 0 Å². The lowest BCUT2D eigenvalue weighted by atomic mass is 10.0. The van der Waals surface area contributed by atoms with Crippen LogP contribution in [0.15, 0.2) is 49.1 Å². The van der Waals surface area contributed by atoms with E-state index in [0.29, 0.717) is 11.6 Å². The summed E-state index contributed by atoms with van der Waals surface area (Å²) >= 11 is 0. The van der Waals surface area contributed by atoms with Gasteiger partial charge in [-0.2, -0.15) is 5.10 Å². The van der Waals surface area contributed by atoms with Crippen molar-refractivity contribution in [2.75, 3.05) is 0 Å². The van der Waals surface area contributed by atoms with Crippen LogP contribution >= 0.6 is 0 Å². The van der Waals surface area contributed by atoms with E-state index in [9.17, 15) is 4.79 Å². The summed E-state index contributed by atoms with van der Waals surface area (Å²) in [5.41, 5.74) is 7.10. The number of pyridine rings is 1. The number of carbonyl (C=O) groups is 1. The fourth-order valence-corrected chi connectivity index (χ4v) is 3.49. The molecule has 1 aromatic carbocycles. The third kappa shape index (κ3) is 3.31. The van der Waals surface area contributed by atoms with E-state index in [-0.39, 0.29) is 5.91 Å². The average molecular weight is 385 g/mol. The predicted molar refractivity (Wildman–Crippen MR) is 112 cm³/mol. The lowest BCUT2D eigenvalue weighted by Gasteiger charge is -2.08. The van der Waals surface area contributed by atoms with E-state index in [4.69, 9.17) is 4.98 Å². The minimum Gasteiger partial charge on any atom is -0.349 e. The molecule has 3 aromatic heterocycles. The van der Waals surface area contributed by atoms with Crippen molar-refractivity contribution in [3.8, 4) is 16.9 Å². The van der Waals surface area contributed by atoms with Crippen molar-refractivity contribution < 1.29 is 4.79 Å². The average Bonchev–Trinajstić information content (AvgIpc) is 3.21. The molecule has 29 heavy (non-hydrogen) atoms. The number of fused-ring (bicyclic) bond motifs is 1. The molecule has 0 atom stereocenters. The molecule has 0 bridgehead atoms. The highest BCUT2D eigenvalue weighted by Gasteiger charge is 2.24. The molecule has 0 aliphatic heterocycles. The van der Waals surface area contributed by atoms with Crippen molar-refractivity contribution in [2.24, 2.45) is 0 Å². The molecule has 1 aliphatic carbocycles. The molecule has 6 nitrogen and oxygen atoms in total. The SMILES string of the molecule is Cc1cc2nc(-n3cc(-c4cc(C(=O)NC5CC5)ccc4C)cn3)cn2cc1C. The molecule has 1 aliphatic rings. The molecule has 3 heterocycles. The topological polar surface area (TPSA) is 64.2 Å². The van der Waals surface area contributed by atoms with Crippen LogP contribution in [-0.4, -0.2) is 31.1 Å². The van der Waals surface area contributed by atoms with Crippen LogP contribution in [0.1, 0.15) is 39.9 Å². The summed E-state index contributed by atoms with van der Waals surface area (Å²) in [6.45, 7) is 6.23. The summed E-state index contributed by atoms with van der Waals surface area (Å²) in [5.74, 6) is 0.758. The maximum atomic E-state index is 12.4. The second-order valence-corrected chi connectivity index (χ2v) is 7.96. The van der Waals surface area contributed by atoms with Crippen LogP contribution in [0.25, 0.3) is 22.6 Å². The normalized spacial score (nSPS) is 13.8. The lowest BCUT2D eigenvalue weighted by Crippen LogP contribution is -2.25. The third-order valence-corrected chi connectivity index (χ3v) is 5.59. The van der Waals surface area contributed by atoms with Crippen LogP contribution in [0.5, 0.6) is 0 Å². The molecular formula is C23H23N5O. The van der Waals surface area contributed by atoms with Crippen molar-refractivity contribution in [3.63, 3.8) is 0 Å². The van der Waals surface area contributed by atoms with E-state index in [1.807, 2.05) is 48.1 Å². The first-order valence-electron chi connectivity index (χ1n) is 9.91. The Hall–Kier alpha value is -3.41. The molecule has 1 fully saturated rings. The van der Waals surface area contributed by atoms with Crippen molar-refractivity contribution >= 4 is 11.6 Å². The van der Waals surface area contributed by atoms with E-state index in [2.05, 4.69) is 36.5 Å². The van der Waals surface area contributed by atoms with Gasteiger partial charge in [0.25, 0.3) is 5.91 Å². The molecule has 5 rings (SSSR count). The number of nitrogens with zero attached hydrogens (tertiary/aromatic N) is 4. The molecule has 6 heteroatoms. The van der Waals surface area contributed by atoms with E-state index in [0.717, 1.165) is 41.0 Å². The zero-order valence-corrected chi connectivity index (χ0v) is 16.8. The monoisotopic (exact) mass is 385 g/mol. The number of nitrogens with one attached hydrogen (secondary N) is 1. The Bertz CT molecular complexity index is 1210. The number of imidazole rings is 1. The molecule has 0 spiro atoms. The second-order valence-electron chi connectivity index (χ2n) is 7.96. The zero-order chi connectivity index (χ0) is 20.1. The Labute approximate surface area is 169 Å². The van der Waals surface area contributed by atoms with Gasteiger partial charge in [0.15, 0.2) is 5.82 Å². The van der Waals surface area contributed by atoms with Gasteiger partial charge < -0.3 is 9.72 Å². The first-order chi connectivity index (χ1) is 14.0. The number of hydrogen-bond acceptors (Lipinski definition) is 3. The maximum absolute atomic E-state index is 12.4. The van der Waals surface area contributed by atoms with E-state index in [1.54, 1.807) is 4.68 Å². The van der Waals surface area contributed by atoms with Crippen LogP contribution in [0, 0.1) is 20.8 Å². The third-order valence-electron chi connectivity index (χ3n) is 5.59. The lowest BCUT2D eigenvalue weighted by molar-refractivity contribution is 0.0951. The Morgan fingerprint density at radius 3 is 2.66 bits per heavy atom. The van der Waals surface area contributed by atoms with Crippen molar-refractivity contribution in [3.05, 3.63) is 71.3 Å². The van der Waals surface area contributed by atoms with Crippen LogP contribution < -0.4 is 5.32 Å². The van der Waals surface area contributed by atoms with Crippen molar-refractivity contribution in [1.82, 2.24) is 24.5 Å². The van der Waals surface area contributed by atoms with Gasteiger partial charge in [-0.1, -0.05) is 6.07 Å². The van der Waals surface area contributed by atoms with Gasteiger partial charge in [0.2, 0.25) is 0 Å². The minimum absolute atomic E-state index is 0.00719. The van der Waals surface area contributed by atoms with Gasteiger partial charge in [-0.3, -0.25) is 4.79 Å². The molecular weight excluding hydrogens is 362 g/mol. The fraction of sp³-hybridized carbons (Fsp3) is 0.261. The molecule has 1 N–H and O–H groups in total. The molecule has 1 saturated carbocycles. The number of benzene rings is 1. The summed E-state index contributed by atoms with van der Waals surface area (Å²) in [6.07, 6.45) is 10.0. The van der Waals surface area contributed by atoms with E-state index < -0.39 is 0 Å². The van der Waals surface area contributed by atoms with Gasteiger partial charge in [0.05, 0.1) is 12.4 Å². The zero-order valence-electron chi connectivity index (χ0n) is 16.8. The second kappa shape index (κ2) is 6.58. The van der Waals surface area contributed by atoms with Crippen LogP contribution in [-0.2, 0) is 0 Å². The number of aryl methyl sites for hydroxylation is 3. The van der Waals surface area contributed by atoms with Gasteiger partial charge in [0.1, 0.15) is 5.65 Å². The Kier molecular flexibility index (Phi) is 4.01. The van der Waals surface area contributed by atoms with E-state index in [1.165, 1.54) is 11.1 Å². The summed E-state index contributed by atoms with van der Waals surface area (Å²) in [5, 5.41) is 7.57. The number of aromatic nitrogens is 4. The van der Waals surface area contributed by atoms with Crippen LogP contribution in [0.2, 0.25) is 0 Å². The summed E-state index contributed by atoms with van der Waals surface area (Å²) < 4.78 is 3.80. The number of rotatable bonds is 4. The van der Waals surface area contributed by atoms with Gasteiger partial charge in [-0.15, -0.1) is 0 Å². The highest BCUT2D eigenvalue weighted by Crippen LogP contribution is 2.26. The van der Waals surface area contributed by atoms with Crippen molar-refractivity contribution in [1.29, 1.82) is 0 Å². The summed E-state index contributed by atoms with van der Waals surface area (Å²) in [6, 6.07) is 8.25. The Morgan fingerprint density at radius 2 is 1.86 bits per heavy atom. The first kappa shape index (κ1) is 17.7. The predicted octanol–water partition coefficient (Wildman–Crippen LogP) is 4.00. The van der Waals surface area contributed by atoms with Crippen LogP contribution in [0.4, 0.5) is 0 Å². The van der Waals surface area contributed by atoms with Gasteiger partial charge in [-0.05, 0) is 74.1 Å². The van der Waals surface area contributed by atoms with Crippen molar-refractivity contribution in [2.45, 2.75) is 39.7 Å².